The van der Waals surface area contributed by atoms with Gasteiger partial charge in [-0.05, 0) is 31.6 Å². The first kappa shape index (κ1) is 22.3. The molecule has 0 aliphatic carbocycles. The minimum absolute atomic E-state index is 0.00356. The molecule has 166 valence electrons. The first-order valence-corrected chi connectivity index (χ1v) is 11.8. The van der Waals surface area contributed by atoms with Crippen LogP contribution in [0.4, 0.5) is 11.4 Å². The number of benzene rings is 2. The minimum Gasteiger partial charge on any atom is -0.347 e. The van der Waals surface area contributed by atoms with Crippen LogP contribution in [0.1, 0.15) is 52.7 Å². The topological polar surface area (TPSA) is 6.25 Å². The van der Waals surface area contributed by atoms with Crippen molar-refractivity contribution in [1.82, 2.24) is 0 Å². The molecule has 0 radical (unpaired) electrons. The Labute approximate surface area is 194 Å². The Morgan fingerprint density at radius 3 is 2.19 bits per heavy atom. The van der Waals surface area contributed by atoms with Crippen molar-refractivity contribution in [2.24, 2.45) is 5.92 Å². The molecule has 2 heterocycles. The third-order valence-corrected chi connectivity index (χ3v) is 7.02. The second-order valence-corrected chi connectivity index (χ2v) is 10.5. The van der Waals surface area contributed by atoms with Crippen molar-refractivity contribution < 1.29 is 4.58 Å². The maximum atomic E-state index is 2.51. The van der Waals surface area contributed by atoms with Crippen LogP contribution in [0.2, 0.25) is 0 Å². The Morgan fingerprint density at radius 1 is 0.844 bits per heavy atom. The van der Waals surface area contributed by atoms with Gasteiger partial charge in [-0.15, -0.1) is 0 Å². The predicted octanol–water partition coefficient (Wildman–Crippen LogP) is 7.14. The van der Waals surface area contributed by atoms with Crippen molar-refractivity contribution in [3.8, 4) is 0 Å². The maximum Gasteiger partial charge on any atom is 0.209 e. The number of rotatable bonds is 5. The molecule has 2 aromatic carbocycles. The molecule has 0 bridgehead atoms. The van der Waals surface area contributed by atoms with Gasteiger partial charge >= 0.3 is 0 Å². The van der Waals surface area contributed by atoms with Gasteiger partial charge in [-0.2, -0.15) is 4.58 Å². The van der Waals surface area contributed by atoms with Crippen LogP contribution in [0.3, 0.4) is 0 Å². The lowest BCUT2D eigenvalue weighted by Crippen LogP contribution is -2.28. The Bertz CT molecular complexity index is 1140. The fourth-order valence-electron chi connectivity index (χ4n) is 5.36. The van der Waals surface area contributed by atoms with E-state index in [0.717, 1.165) is 6.54 Å². The Kier molecular flexibility index (Phi) is 5.75. The summed E-state index contributed by atoms with van der Waals surface area (Å²) in [6.45, 7) is 14.9. The second kappa shape index (κ2) is 8.24. The van der Waals surface area contributed by atoms with E-state index in [9.17, 15) is 0 Å². The molecule has 0 saturated heterocycles. The Hall–Kier alpha value is -2.87. The number of anilines is 1. The van der Waals surface area contributed by atoms with E-state index < -0.39 is 0 Å². The lowest BCUT2D eigenvalue weighted by molar-refractivity contribution is -0.445. The summed E-state index contributed by atoms with van der Waals surface area (Å²) in [5.41, 5.74) is 8.17. The fourth-order valence-corrected chi connectivity index (χ4v) is 5.36. The molecule has 4 rings (SSSR count). The molecule has 0 aromatic heterocycles. The Balaban J connectivity index is 1.61. The highest BCUT2D eigenvalue weighted by molar-refractivity contribution is 6.03. The van der Waals surface area contributed by atoms with E-state index in [1.807, 2.05) is 0 Å². The van der Waals surface area contributed by atoms with E-state index in [-0.39, 0.29) is 10.8 Å². The molecule has 0 unspecified atom stereocenters. The maximum absolute atomic E-state index is 2.51. The number of para-hydroxylation sites is 2. The normalized spacial score (nSPS) is 20.2. The predicted molar refractivity (Wildman–Crippen MR) is 138 cm³/mol. The minimum atomic E-state index is 0.00356. The average molecular weight is 426 g/mol. The first-order chi connectivity index (χ1) is 15.2. The zero-order valence-corrected chi connectivity index (χ0v) is 20.7. The third kappa shape index (κ3) is 3.66. The van der Waals surface area contributed by atoms with Crippen molar-refractivity contribution in [3.05, 3.63) is 95.7 Å². The van der Waals surface area contributed by atoms with Gasteiger partial charge < -0.3 is 4.90 Å². The van der Waals surface area contributed by atoms with Gasteiger partial charge in [0, 0.05) is 47.5 Å². The van der Waals surface area contributed by atoms with Gasteiger partial charge in [-0.25, -0.2) is 0 Å². The van der Waals surface area contributed by atoms with Gasteiger partial charge in [-0.1, -0.05) is 82.3 Å². The molecule has 0 atom stereocenters. The zero-order valence-electron chi connectivity index (χ0n) is 20.7. The number of hydrogen-bond donors (Lipinski definition) is 0. The van der Waals surface area contributed by atoms with E-state index in [4.69, 9.17) is 0 Å². The van der Waals surface area contributed by atoms with Crippen LogP contribution in [0.25, 0.3) is 0 Å². The molecule has 0 N–H and O–H groups in total. The van der Waals surface area contributed by atoms with Gasteiger partial charge in [0.15, 0.2) is 12.3 Å². The van der Waals surface area contributed by atoms with Crippen LogP contribution in [-0.2, 0) is 10.8 Å². The molecule has 2 aromatic rings. The summed E-state index contributed by atoms with van der Waals surface area (Å²) < 4.78 is 2.51. The monoisotopic (exact) mass is 425 g/mol. The van der Waals surface area contributed by atoms with Crippen LogP contribution in [0, 0.1) is 5.92 Å². The van der Waals surface area contributed by atoms with Crippen LogP contribution in [-0.4, -0.2) is 23.9 Å². The Morgan fingerprint density at radius 2 is 1.50 bits per heavy atom. The first-order valence-electron chi connectivity index (χ1n) is 11.8. The van der Waals surface area contributed by atoms with Crippen LogP contribution >= 0.6 is 0 Å². The van der Waals surface area contributed by atoms with E-state index in [0.29, 0.717) is 5.92 Å². The van der Waals surface area contributed by atoms with E-state index in [1.165, 1.54) is 33.9 Å². The van der Waals surface area contributed by atoms with E-state index in [2.05, 4.69) is 137 Å². The highest BCUT2D eigenvalue weighted by Crippen LogP contribution is 2.46. The summed E-state index contributed by atoms with van der Waals surface area (Å²) >= 11 is 0. The van der Waals surface area contributed by atoms with Crippen LogP contribution < -0.4 is 4.90 Å². The standard InChI is InChI=1S/C30H37N2/c1-22(2)21-32-26-18-14-12-16-24(26)30(5,6)28(32)20-10-8-9-19-27-29(3,4)23-15-11-13-17-25(23)31(27)7/h8-20,22H,21H2,1-7H3/q+1. The number of hydrogen-bond acceptors (Lipinski definition) is 1. The molecular formula is C30H37N2+. The molecule has 32 heavy (non-hydrogen) atoms. The third-order valence-electron chi connectivity index (χ3n) is 7.02. The van der Waals surface area contributed by atoms with Crippen LogP contribution in [0.5, 0.6) is 0 Å². The molecule has 0 amide bonds. The summed E-state index contributed by atoms with van der Waals surface area (Å²) in [7, 11) is 2.17. The second-order valence-electron chi connectivity index (χ2n) is 10.5. The lowest BCUT2D eigenvalue weighted by atomic mass is 9.81. The van der Waals surface area contributed by atoms with Crippen molar-refractivity contribution in [2.75, 3.05) is 18.5 Å². The van der Waals surface area contributed by atoms with Gasteiger partial charge in [0.2, 0.25) is 5.69 Å². The SMILES string of the molecule is CC(C)C[N+]1=C(/C=C/C=C/C=C2/N(C)c3ccccc3C2(C)C)C(C)(C)c2ccccc21. The van der Waals surface area contributed by atoms with E-state index in [1.54, 1.807) is 0 Å². The molecule has 2 aliphatic heterocycles. The number of fused-ring (bicyclic) bond motifs is 2. The van der Waals surface area contributed by atoms with Gasteiger partial charge in [0.1, 0.15) is 0 Å². The molecule has 0 fully saturated rings. The van der Waals surface area contributed by atoms with Crippen molar-refractivity contribution in [3.63, 3.8) is 0 Å². The summed E-state index contributed by atoms with van der Waals surface area (Å²) in [5, 5.41) is 0. The summed E-state index contributed by atoms with van der Waals surface area (Å²) in [6.07, 6.45) is 11.1. The van der Waals surface area contributed by atoms with E-state index >= 15 is 0 Å². The molecule has 0 saturated carbocycles. The number of nitrogens with zero attached hydrogens (tertiary/aromatic N) is 2. The van der Waals surface area contributed by atoms with Crippen molar-refractivity contribution >= 4 is 17.1 Å². The fraction of sp³-hybridized carbons (Fsp3) is 0.367. The number of allylic oxidation sites excluding steroid dienone is 6. The highest BCUT2D eigenvalue weighted by Gasteiger charge is 2.44. The van der Waals surface area contributed by atoms with Gasteiger partial charge in [0.05, 0.1) is 5.41 Å². The summed E-state index contributed by atoms with van der Waals surface area (Å²) in [5.74, 6) is 0.599. The largest absolute Gasteiger partial charge is 0.347 e. The van der Waals surface area contributed by atoms with Crippen molar-refractivity contribution in [1.29, 1.82) is 0 Å². The van der Waals surface area contributed by atoms with Crippen LogP contribution in [0.15, 0.2) is 84.6 Å². The summed E-state index contributed by atoms with van der Waals surface area (Å²) in [6, 6.07) is 17.6. The quantitative estimate of drug-likeness (QED) is 0.364. The lowest BCUT2D eigenvalue weighted by Gasteiger charge is -2.23. The molecular weight excluding hydrogens is 388 g/mol. The smallest absolute Gasteiger partial charge is 0.209 e. The molecule has 2 aliphatic rings. The highest BCUT2D eigenvalue weighted by atomic mass is 15.2. The van der Waals surface area contributed by atoms with Gasteiger partial charge in [-0.3, -0.25) is 0 Å². The molecule has 0 spiro atoms. The summed E-state index contributed by atoms with van der Waals surface area (Å²) in [4.78, 5) is 2.32. The average Bonchev–Trinajstić information content (AvgIpc) is 3.08. The number of likely N-dealkylation sites (N-methyl/N-ethyl adjacent to an activating group) is 1. The molecule has 2 heteroatoms. The van der Waals surface area contributed by atoms with Gasteiger partial charge in [0.25, 0.3) is 0 Å². The molecule has 2 nitrogen and oxygen atoms in total. The zero-order chi connectivity index (χ0) is 23.1. The van der Waals surface area contributed by atoms with Crippen molar-refractivity contribution in [2.45, 2.75) is 52.4 Å².